The van der Waals surface area contributed by atoms with Crippen molar-refractivity contribution in [2.24, 2.45) is 5.73 Å². The van der Waals surface area contributed by atoms with Gasteiger partial charge in [0, 0.05) is 18.1 Å². The zero-order chi connectivity index (χ0) is 10.4. The summed E-state index contributed by atoms with van der Waals surface area (Å²) in [6.45, 7) is 3.47. The molecule has 5 heteroatoms. The van der Waals surface area contributed by atoms with Crippen molar-refractivity contribution in [3.8, 4) is 0 Å². The molecule has 1 heterocycles. The predicted octanol–water partition coefficient (Wildman–Crippen LogP) is 0.227. The number of carboxylic acids is 1. The summed E-state index contributed by atoms with van der Waals surface area (Å²) in [6, 6.07) is -0.710. The molecule has 0 aliphatic carbocycles. The molecule has 0 aromatic carbocycles. The molecule has 0 unspecified atom stereocenters. The zero-order valence-corrected chi connectivity index (χ0v) is 9.13. The van der Waals surface area contributed by atoms with Gasteiger partial charge in [-0.15, -0.1) is 0 Å². The zero-order valence-electron chi connectivity index (χ0n) is 8.32. The van der Waals surface area contributed by atoms with Crippen LogP contribution >= 0.6 is 11.8 Å². The number of nitrogens with two attached hydrogens (primary N) is 1. The first-order valence-electron chi connectivity index (χ1n) is 4.98. The average Bonchev–Trinajstić information content (AvgIpc) is 2.64. The molecular weight excluding hydrogens is 200 g/mol. The Kier molecular flexibility index (Phi) is 5.29. The normalized spacial score (nSPS) is 19.8. The molecule has 0 spiro atoms. The Morgan fingerprint density at radius 3 is 2.71 bits per heavy atom. The lowest BCUT2D eigenvalue weighted by molar-refractivity contribution is -0.137. The van der Waals surface area contributed by atoms with E-state index < -0.39 is 12.0 Å². The fourth-order valence-electron chi connectivity index (χ4n) is 1.48. The number of nitrogens with zero attached hydrogens (tertiary/aromatic N) is 1. The van der Waals surface area contributed by atoms with Crippen LogP contribution in [0.2, 0.25) is 0 Å². The first-order valence-corrected chi connectivity index (χ1v) is 6.14. The molecule has 1 fully saturated rings. The molecular formula is C9H18N2O2S. The van der Waals surface area contributed by atoms with Crippen LogP contribution in [0, 0.1) is 0 Å². The van der Waals surface area contributed by atoms with Crippen LogP contribution in [-0.2, 0) is 4.79 Å². The van der Waals surface area contributed by atoms with Gasteiger partial charge in [-0.25, -0.2) is 0 Å². The molecule has 0 amide bonds. The SMILES string of the molecule is N[C@H](CSCCN1CCCC1)C(=O)O. The third-order valence-corrected chi connectivity index (χ3v) is 3.43. The van der Waals surface area contributed by atoms with Crippen molar-refractivity contribution in [2.45, 2.75) is 18.9 Å². The number of hydrogen-bond acceptors (Lipinski definition) is 4. The second-order valence-corrected chi connectivity index (χ2v) is 4.72. The molecule has 1 atom stereocenters. The fourth-order valence-corrected chi connectivity index (χ4v) is 2.43. The lowest BCUT2D eigenvalue weighted by Gasteiger charge is -2.14. The van der Waals surface area contributed by atoms with E-state index >= 15 is 0 Å². The number of carboxylic acid groups (broad SMARTS) is 1. The van der Waals surface area contributed by atoms with Gasteiger partial charge in [0.1, 0.15) is 6.04 Å². The van der Waals surface area contributed by atoms with Gasteiger partial charge in [-0.05, 0) is 25.9 Å². The maximum absolute atomic E-state index is 10.4. The van der Waals surface area contributed by atoms with E-state index in [1.54, 1.807) is 11.8 Å². The van der Waals surface area contributed by atoms with Crippen molar-refractivity contribution in [2.75, 3.05) is 31.1 Å². The van der Waals surface area contributed by atoms with Crippen molar-refractivity contribution in [3.63, 3.8) is 0 Å². The Balaban J connectivity index is 1.95. The van der Waals surface area contributed by atoms with Crippen LogP contribution in [0.1, 0.15) is 12.8 Å². The Morgan fingerprint density at radius 2 is 2.14 bits per heavy atom. The van der Waals surface area contributed by atoms with Gasteiger partial charge in [0.05, 0.1) is 0 Å². The largest absolute Gasteiger partial charge is 0.480 e. The van der Waals surface area contributed by atoms with Crippen LogP contribution in [0.5, 0.6) is 0 Å². The number of thioether (sulfide) groups is 1. The standard InChI is InChI=1S/C9H18N2O2S/c10-8(9(12)13)7-14-6-5-11-3-1-2-4-11/h8H,1-7,10H2,(H,12,13)/t8-/m1/s1. The van der Waals surface area contributed by atoms with Gasteiger partial charge in [0.2, 0.25) is 0 Å². The van der Waals surface area contributed by atoms with Crippen molar-refractivity contribution >= 4 is 17.7 Å². The van der Waals surface area contributed by atoms with Crippen LogP contribution in [0.25, 0.3) is 0 Å². The van der Waals surface area contributed by atoms with Crippen LogP contribution in [-0.4, -0.2) is 53.2 Å². The number of rotatable bonds is 6. The molecule has 82 valence electrons. The van der Waals surface area contributed by atoms with Gasteiger partial charge in [-0.3, -0.25) is 4.79 Å². The Labute approximate surface area is 88.8 Å². The summed E-state index contributed by atoms with van der Waals surface area (Å²) in [5.41, 5.74) is 5.38. The van der Waals surface area contributed by atoms with E-state index in [9.17, 15) is 4.79 Å². The minimum absolute atomic E-state index is 0.517. The van der Waals surface area contributed by atoms with Gasteiger partial charge in [-0.1, -0.05) is 0 Å². The highest BCUT2D eigenvalue weighted by Crippen LogP contribution is 2.09. The third-order valence-electron chi connectivity index (χ3n) is 2.37. The molecule has 3 N–H and O–H groups in total. The third kappa shape index (κ3) is 4.30. The lowest BCUT2D eigenvalue weighted by atomic mass is 10.4. The molecule has 0 aromatic rings. The van der Waals surface area contributed by atoms with Gasteiger partial charge >= 0.3 is 5.97 Å². The van der Waals surface area contributed by atoms with Crippen molar-refractivity contribution < 1.29 is 9.90 Å². The van der Waals surface area contributed by atoms with E-state index in [0.717, 1.165) is 12.3 Å². The number of carbonyl (C=O) groups is 1. The van der Waals surface area contributed by atoms with Crippen LogP contribution < -0.4 is 5.73 Å². The molecule has 1 aliphatic rings. The molecule has 1 saturated heterocycles. The van der Waals surface area contributed by atoms with Gasteiger partial charge in [-0.2, -0.15) is 11.8 Å². The summed E-state index contributed by atoms with van der Waals surface area (Å²) in [6.07, 6.45) is 2.61. The van der Waals surface area contributed by atoms with Gasteiger partial charge in [0.25, 0.3) is 0 Å². The Hall–Kier alpha value is -0.260. The van der Waals surface area contributed by atoms with Crippen LogP contribution in [0.15, 0.2) is 0 Å². The first-order chi connectivity index (χ1) is 6.70. The molecule has 0 radical (unpaired) electrons. The second kappa shape index (κ2) is 6.27. The van der Waals surface area contributed by atoms with Crippen molar-refractivity contribution in [1.82, 2.24) is 4.90 Å². The highest BCUT2D eigenvalue weighted by molar-refractivity contribution is 7.99. The summed E-state index contributed by atoms with van der Waals surface area (Å²) in [4.78, 5) is 12.8. The fraction of sp³-hybridized carbons (Fsp3) is 0.889. The maximum atomic E-state index is 10.4. The van der Waals surface area contributed by atoms with E-state index in [1.807, 2.05) is 0 Å². The summed E-state index contributed by atoms with van der Waals surface area (Å²) < 4.78 is 0. The number of likely N-dealkylation sites (tertiary alicyclic amines) is 1. The summed E-state index contributed by atoms with van der Waals surface area (Å²) in [5.74, 6) is 0.600. The summed E-state index contributed by atoms with van der Waals surface area (Å²) in [7, 11) is 0. The second-order valence-electron chi connectivity index (χ2n) is 3.57. The summed E-state index contributed by atoms with van der Waals surface area (Å²) >= 11 is 1.63. The highest BCUT2D eigenvalue weighted by Gasteiger charge is 2.13. The van der Waals surface area contributed by atoms with E-state index in [4.69, 9.17) is 10.8 Å². The minimum Gasteiger partial charge on any atom is -0.480 e. The predicted molar refractivity (Wildman–Crippen MR) is 58.6 cm³/mol. The van der Waals surface area contributed by atoms with E-state index in [0.29, 0.717) is 5.75 Å². The number of aliphatic carboxylic acids is 1. The maximum Gasteiger partial charge on any atom is 0.321 e. The average molecular weight is 218 g/mol. The monoisotopic (exact) mass is 218 g/mol. The molecule has 1 rings (SSSR count). The minimum atomic E-state index is -0.904. The molecule has 4 nitrogen and oxygen atoms in total. The van der Waals surface area contributed by atoms with Crippen molar-refractivity contribution in [1.29, 1.82) is 0 Å². The first kappa shape index (κ1) is 11.8. The van der Waals surface area contributed by atoms with Crippen molar-refractivity contribution in [3.05, 3.63) is 0 Å². The summed E-state index contributed by atoms with van der Waals surface area (Å²) in [5, 5.41) is 8.54. The van der Waals surface area contributed by atoms with Crippen LogP contribution in [0.4, 0.5) is 0 Å². The number of hydrogen-bond donors (Lipinski definition) is 2. The van der Waals surface area contributed by atoms with E-state index in [2.05, 4.69) is 4.90 Å². The highest BCUT2D eigenvalue weighted by atomic mass is 32.2. The van der Waals surface area contributed by atoms with Crippen LogP contribution in [0.3, 0.4) is 0 Å². The van der Waals surface area contributed by atoms with Gasteiger partial charge in [0.15, 0.2) is 0 Å². The molecule has 0 saturated carbocycles. The molecule has 0 bridgehead atoms. The Bertz CT molecular complexity index is 184. The Morgan fingerprint density at radius 1 is 1.50 bits per heavy atom. The van der Waals surface area contributed by atoms with E-state index in [-0.39, 0.29) is 0 Å². The quantitative estimate of drug-likeness (QED) is 0.625. The molecule has 1 aliphatic heterocycles. The molecule has 14 heavy (non-hydrogen) atoms. The smallest absolute Gasteiger partial charge is 0.321 e. The molecule has 0 aromatic heterocycles. The van der Waals surface area contributed by atoms with Gasteiger partial charge < -0.3 is 15.7 Å². The topological polar surface area (TPSA) is 66.6 Å². The van der Waals surface area contributed by atoms with E-state index in [1.165, 1.54) is 25.9 Å². The lowest BCUT2D eigenvalue weighted by Crippen LogP contribution is -2.33.